The molecule has 162 valence electrons. The van der Waals surface area contributed by atoms with Crippen LogP contribution in [-0.2, 0) is 0 Å². The molecule has 0 fully saturated rings. The predicted molar refractivity (Wildman–Crippen MR) is 124 cm³/mol. The lowest BCUT2D eigenvalue weighted by Crippen LogP contribution is -2.13. The first-order chi connectivity index (χ1) is 15.7. The number of hydrogen-bond acceptors (Lipinski definition) is 5. The molecule has 1 aromatic heterocycles. The van der Waals surface area contributed by atoms with Crippen LogP contribution in [0, 0.1) is 0 Å². The Balaban J connectivity index is 1.55. The number of ether oxygens (including phenoxy) is 2. The van der Waals surface area contributed by atoms with Crippen LogP contribution >= 0.6 is 0 Å². The maximum atomic E-state index is 13.0. The Morgan fingerprint density at radius 1 is 0.875 bits per heavy atom. The average Bonchev–Trinajstić information content (AvgIpc) is 3.31. The van der Waals surface area contributed by atoms with E-state index in [0.717, 1.165) is 17.1 Å². The van der Waals surface area contributed by atoms with Crippen molar-refractivity contribution in [1.29, 1.82) is 0 Å². The molecule has 3 aromatic carbocycles. The van der Waals surface area contributed by atoms with E-state index in [1.165, 1.54) is 0 Å². The summed E-state index contributed by atoms with van der Waals surface area (Å²) in [5.41, 5.74) is 2.65. The van der Waals surface area contributed by atoms with E-state index < -0.39 is 0 Å². The minimum absolute atomic E-state index is 0.245. The number of rotatable bonds is 8. The molecule has 1 amide bonds. The molecule has 32 heavy (non-hydrogen) atoms. The lowest BCUT2D eigenvalue weighted by Gasteiger charge is -2.09. The third-order valence-corrected chi connectivity index (χ3v) is 4.78. The van der Waals surface area contributed by atoms with Gasteiger partial charge in [-0.3, -0.25) is 4.79 Å². The van der Waals surface area contributed by atoms with Gasteiger partial charge in [0.15, 0.2) is 5.76 Å². The molecule has 0 bridgehead atoms. The molecule has 0 saturated heterocycles. The van der Waals surface area contributed by atoms with Crippen molar-refractivity contribution in [3.05, 3.63) is 84.6 Å². The first kappa shape index (κ1) is 21.2. The van der Waals surface area contributed by atoms with E-state index in [1.807, 2.05) is 68.4 Å². The summed E-state index contributed by atoms with van der Waals surface area (Å²) in [5, 5.41) is 2.92. The van der Waals surface area contributed by atoms with Gasteiger partial charge >= 0.3 is 0 Å². The van der Waals surface area contributed by atoms with Crippen LogP contribution in [0.25, 0.3) is 22.8 Å². The first-order valence-corrected chi connectivity index (χ1v) is 10.5. The van der Waals surface area contributed by atoms with Gasteiger partial charge in [0.1, 0.15) is 11.5 Å². The van der Waals surface area contributed by atoms with Crippen LogP contribution in [0.2, 0.25) is 0 Å². The van der Waals surface area contributed by atoms with E-state index in [4.69, 9.17) is 13.9 Å². The zero-order chi connectivity index (χ0) is 22.3. The molecular weight excluding hydrogens is 404 g/mol. The lowest BCUT2D eigenvalue weighted by atomic mass is 10.1. The number of hydrogen-bond donors (Lipinski definition) is 1. The third kappa shape index (κ3) is 4.81. The summed E-state index contributed by atoms with van der Waals surface area (Å²) in [6.45, 7) is 5.08. The zero-order valence-electron chi connectivity index (χ0n) is 18.0. The standard InChI is InChI=1S/C26H24N2O4/c1-3-30-20-13-9-18(10-14-20)24-17-27-26(32-24)23-8-6-5-7-22(23)25(29)28-19-11-15-21(16-12-19)31-4-2/h5-17H,3-4H2,1-2H3,(H,28,29). The van der Waals surface area contributed by atoms with Gasteiger partial charge in [-0.1, -0.05) is 12.1 Å². The summed E-state index contributed by atoms with van der Waals surface area (Å²) >= 11 is 0. The van der Waals surface area contributed by atoms with Gasteiger partial charge in [-0.25, -0.2) is 4.98 Å². The monoisotopic (exact) mass is 428 g/mol. The second kappa shape index (κ2) is 9.83. The van der Waals surface area contributed by atoms with Crippen molar-refractivity contribution in [3.8, 4) is 34.3 Å². The van der Waals surface area contributed by atoms with Gasteiger partial charge in [0, 0.05) is 16.8 Å². The van der Waals surface area contributed by atoms with E-state index in [-0.39, 0.29) is 5.91 Å². The van der Waals surface area contributed by atoms with Crippen molar-refractivity contribution in [1.82, 2.24) is 4.98 Å². The van der Waals surface area contributed by atoms with Crippen LogP contribution in [-0.4, -0.2) is 24.1 Å². The molecule has 0 atom stereocenters. The highest BCUT2D eigenvalue weighted by Gasteiger charge is 2.17. The fraction of sp³-hybridized carbons (Fsp3) is 0.154. The van der Waals surface area contributed by atoms with Crippen LogP contribution in [0.5, 0.6) is 11.5 Å². The number of nitrogens with one attached hydrogen (secondary N) is 1. The molecular formula is C26H24N2O4. The molecule has 6 nitrogen and oxygen atoms in total. The van der Waals surface area contributed by atoms with Gasteiger partial charge < -0.3 is 19.2 Å². The second-order valence-electron chi connectivity index (χ2n) is 6.94. The maximum absolute atomic E-state index is 13.0. The highest BCUT2D eigenvalue weighted by atomic mass is 16.5. The minimum Gasteiger partial charge on any atom is -0.494 e. The maximum Gasteiger partial charge on any atom is 0.256 e. The smallest absolute Gasteiger partial charge is 0.256 e. The van der Waals surface area contributed by atoms with Crippen molar-refractivity contribution in [2.45, 2.75) is 13.8 Å². The van der Waals surface area contributed by atoms with Crippen LogP contribution in [0.3, 0.4) is 0 Å². The Kier molecular flexibility index (Phi) is 6.51. The van der Waals surface area contributed by atoms with Crippen molar-refractivity contribution in [2.75, 3.05) is 18.5 Å². The molecule has 4 rings (SSSR count). The highest BCUT2D eigenvalue weighted by Crippen LogP contribution is 2.29. The van der Waals surface area contributed by atoms with Gasteiger partial charge in [0.2, 0.25) is 5.89 Å². The van der Waals surface area contributed by atoms with Gasteiger partial charge in [-0.2, -0.15) is 0 Å². The molecule has 0 aliphatic carbocycles. The average molecular weight is 428 g/mol. The Bertz CT molecular complexity index is 1180. The predicted octanol–water partition coefficient (Wildman–Crippen LogP) is 6.06. The van der Waals surface area contributed by atoms with Crippen molar-refractivity contribution < 1.29 is 18.7 Å². The summed E-state index contributed by atoms with van der Waals surface area (Å²) in [4.78, 5) is 17.4. The summed E-state index contributed by atoms with van der Waals surface area (Å²) in [6, 6.07) is 22.1. The number of carbonyl (C=O) groups excluding carboxylic acids is 1. The van der Waals surface area contributed by atoms with Crippen LogP contribution in [0.1, 0.15) is 24.2 Å². The lowest BCUT2D eigenvalue weighted by molar-refractivity contribution is 0.102. The minimum atomic E-state index is -0.245. The Morgan fingerprint density at radius 3 is 2.16 bits per heavy atom. The topological polar surface area (TPSA) is 73.6 Å². The largest absolute Gasteiger partial charge is 0.494 e. The quantitative estimate of drug-likeness (QED) is 0.369. The van der Waals surface area contributed by atoms with Crippen LogP contribution in [0.15, 0.2) is 83.4 Å². The van der Waals surface area contributed by atoms with E-state index >= 15 is 0 Å². The number of benzene rings is 3. The summed E-state index contributed by atoms with van der Waals surface area (Å²) in [6.07, 6.45) is 1.66. The highest BCUT2D eigenvalue weighted by molar-refractivity contribution is 6.08. The fourth-order valence-electron chi connectivity index (χ4n) is 3.28. The number of anilines is 1. The molecule has 0 unspecified atom stereocenters. The molecule has 1 heterocycles. The van der Waals surface area contributed by atoms with E-state index in [0.29, 0.717) is 41.7 Å². The van der Waals surface area contributed by atoms with E-state index in [9.17, 15) is 4.79 Å². The number of nitrogens with zero attached hydrogens (tertiary/aromatic N) is 1. The number of oxazole rings is 1. The molecule has 6 heteroatoms. The summed E-state index contributed by atoms with van der Waals surface area (Å²) in [7, 11) is 0. The van der Waals surface area contributed by atoms with E-state index in [1.54, 1.807) is 24.4 Å². The molecule has 1 N–H and O–H groups in total. The SMILES string of the molecule is CCOc1ccc(NC(=O)c2ccccc2-c2ncc(-c3ccc(OCC)cc3)o2)cc1. The molecule has 4 aromatic rings. The normalized spacial score (nSPS) is 10.6. The molecule has 0 aliphatic heterocycles. The second-order valence-corrected chi connectivity index (χ2v) is 6.94. The molecule has 0 saturated carbocycles. The Morgan fingerprint density at radius 2 is 1.50 bits per heavy atom. The van der Waals surface area contributed by atoms with Crippen LogP contribution in [0.4, 0.5) is 5.69 Å². The number of amides is 1. The zero-order valence-corrected chi connectivity index (χ0v) is 18.0. The van der Waals surface area contributed by atoms with E-state index in [2.05, 4.69) is 10.3 Å². The first-order valence-electron chi connectivity index (χ1n) is 10.5. The Labute approximate surface area is 186 Å². The summed E-state index contributed by atoms with van der Waals surface area (Å²) in [5.74, 6) is 2.31. The van der Waals surface area contributed by atoms with Gasteiger partial charge in [0.25, 0.3) is 5.91 Å². The number of aromatic nitrogens is 1. The van der Waals surface area contributed by atoms with Crippen LogP contribution < -0.4 is 14.8 Å². The van der Waals surface area contributed by atoms with Crippen molar-refractivity contribution in [3.63, 3.8) is 0 Å². The van der Waals surface area contributed by atoms with Crippen molar-refractivity contribution in [2.24, 2.45) is 0 Å². The van der Waals surface area contributed by atoms with Gasteiger partial charge in [0.05, 0.1) is 25.0 Å². The van der Waals surface area contributed by atoms with Crippen molar-refractivity contribution >= 4 is 11.6 Å². The number of carbonyl (C=O) groups is 1. The fourth-order valence-corrected chi connectivity index (χ4v) is 3.28. The molecule has 0 aliphatic rings. The summed E-state index contributed by atoms with van der Waals surface area (Å²) < 4.78 is 16.9. The molecule has 0 radical (unpaired) electrons. The van der Waals surface area contributed by atoms with Gasteiger partial charge in [-0.15, -0.1) is 0 Å². The third-order valence-electron chi connectivity index (χ3n) is 4.78. The molecule has 0 spiro atoms. The van der Waals surface area contributed by atoms with Gasteiger partial charge in [-0.05, 0) is 74.5 Å². The Hall–Kier alpha value is -4.06.